The summed E-state index contributed by atoms with van der Waals surface area (Å²) in [7, 11) is 1.81. The first kappa shape index (κ1) is 18.7. The number of aromatic nitrogens is 1. The Morgan fingerprint density at radius 2 is 2.15 bits per heavy atom. The lowest BCUT2D eigenvalue weighted by Gasteiger charge is -2.28. The Hall–Kier alpha value is -2.08. The number of rotatable bonds is 4. The number of ether oxygens (including phenoxy) is 1. The summed E-state index contributed by atoms with van der Waals surface area (Å²) in [6, 6.07) is 8.41. The Bertz CT molecular complexity index is 763. The minimum atomic E-state index is 0.107. The van der Waals surface area contributed by atoms with E-state index in [4.69, 9.17) is 9.72 Å². The Kier molecular flexibility index (Phi) is 5.81. The maximum atomic E-state index is 5.73. The molecule has 0 radical (unpaired) electrons. The predicted octanol–water partition coefficient (Wildman–Crippen LogP) is 3.67. The number of benzene rings is 1. The highest BCUT2D eigenvalue weighted by molar-refractivity contribution is 7.09. The molecule has 3 rings (SSSR count). The zero-order valence-corrected chi connectivity index (χ0v) is 16.8. The number of para-hydroxylation sites is 1. The van der Waals surface area contributed by atoms with Crippen LogP contribution in [0.25, 0.3) is 0 Å². The van der Waals surface area contributed by atoms with Gasteiger partial charge in [0.05, 0.1) is 23.4 Å². The molecular formula is C20H28N4OS. The number of hydrogen-bond donors (Lipinski definition) is 2. The van der Waals surface area contributed by atoms with E-state index in [0.29, 0.717) is 0 Å². The average Bonchev–Trinajstić information content (AvgIpc) is 3.10. The van der Waals surface area contributed by atoms with Gasteiger partial charge in [-0.2, -0.15) is 0 Å². The number of thiazole rings is 1. The Morgan fingerprint density at radius 3 is 2.88 bits per heavy atom. The van der Waals surface area contributed by atoms with Gasteiger partial charge in [-0.3, -0.25) is 4.99 Å². The van der Waals surface area contributed by atoms with Gasteiger partial charge in [-0.05, 0) is 6.07 Å². The van der Waals surface area contributed by atoms with Crippen LogP contribution in [0.4, 0.5) is 0 Å². The molecule has 2 heterocycles. The molecule has 1 aromatic carbocycles. The summed E-state index contributed by atoms with van der Waals surface area (Å²) in [6.45, 7) is 8.12. The van der Waals surface area contributed by atoms with Gasteiger partial charge in [-0.15, -0.1) is 11.3 Å². The summed E-state index contributed by atoms with van der Waals surface area (Å²) in [5.41, 5.74) is 2.46. The van der Waals surface area contributed by atoms with Crippen molar-refractivity contribution in [3.8, 4) is 5.75 Å². The van der Waals surface area contributed by atoms with Crippen molar-refractivity contribution < 1.29 is 4.74 Å². The summed E-state index contributed by atoms with van der Waals surface area (Å²) in [5, 5.41) is 10.3. The van der Waals surface area contributed by atoms with E-state index in [1.807, 2.05) is 25.2 Å². The third kappa shape index (κ3) is 4.55. The van der Waals surface area contributed by atoms with Crippen molar-refractivity contribution in [2.24, 2.45) is 4.99 Å². The molecule has 0 saturated carbocycles. The maximum Gasteiger partial charge on any atom is 0.191 e. The third-order valence-corrected chi connectivity index (χ3v) is 5.35. The molecule has 0 amide bonds. The molecule has 1 unspecified atom stereocenters. The number of fused-ring (bicyclic) bond motifs is 1. The van der Waals surface area contributed by atoms with Gasteiger partial charge < -0.3 is 15.4 Å². The zero-order chi connectivity index (χ0) is 18.6. The Balaban J connectivity index is 1.54. The minimum absolute atomic E-state index is 0.107. The highest BCUT2D eigenvalue weighted by Gasteiger charge is 2.22. The largest absolute Gasteiger partial charge is 0.493 e. The molecule has 0 fully saturated rings. The van der Waals surface area contributed by atoms with Gasteiger partial charge in [0.2, 0.25) is 0 Å². The molecule has 1 atom stereocenters. The van der Waals surface area contributed by atoms with Gasteiger partial charge >= 0.3 is 0 Å². The highest BCUT2D eigenvalue weighted by Crippen LogP contribution is 2.31. The molecule has 26 heavy (non-hydrogen) atoms. The summed E-state index contributed by atoms with van der Waals surface area (Å²) in [5.74, 6) is 1.78. The number of aliphatic imine (C=N–C) groups is 1. The first-order valence-corrected chi connectivity index (χ1v) is 9.99. The van der Waals surface area contributed by atoms with Gasteiger partial charge in [-0.1, -0.05) is 39.0 Å². The topological polar surface area (TPSA) is 58.5 Å². The predicted molar refractivity (Wildman–Crippen MR) is 108 cm³/mol. The summed E-state index contributed by atoms with van der Waals surface area (Å²) in [4.78, 5) is 9.12. The standard InChI is InChI=1S/C20H28N4OS/c1-20(2,3)17-13-26-18(24-17)9-11-22-19(21-4)23-15-10-12-25-16-8-6-5-7-14(15)16/h5-8,13,15H,9-12H2,1-4H3,(H2,21,22,23). The van der Waals surface area contributed by atoms with Crippen molar-refractivity contribution in [1.29, 1.82) is 0 Å². The molecule has 140 valence electrons. The molecule has 1 aliphatic heterocycles. The second-order valence-electron chi connectivity index (χ2n) is 7.50. The van der Waals surface area contributed by atoms with E-state index in [-0.39, 0.29) is 11.5 Å². The molecule has 0 bridgehead atoms. The number of nitrogens with zero attached hydrogens (tertiary/aromatic N) is 2. The van der Waals surface area contributed by atoms with Gasteiger partial charge in [-0.25, -0.2) is 4.98 Å². The quantitative estimate of drug-likeness (QED) is 0.635. The zero-order valence-electron chi connectivity index (χ0n) is 16.0. The van der Waals surface area contributed by atoms with Gasteiger partial charge in [0.25, 0.3) is 0 Å². The van der Waals surface area contributed by atoms with Crippen LogP contribution >= 0.6 is 11.3 Å². The smallest absolute Gasteiger partial charge is 0.191 e. The van der Waals surface area contributed by atoms with Crippen molar-refractivity contribution in [1.82, 2.24) is 15.6 Å². The molecule has 1 aliphatic rings. The summed E-state index contributed by atoms with van der Waals surface area (Å²) >= 11 is 1.73. The van der Waals surface area contributed by atoms with Crippen molar-refractivity contribution >= 4 is 17.3 Å². The van der Waals surface area contributed by atoms with Crippen molar-refractivity contribution in [2.75, 3.05) is 20.2 Å². The lowest BCUT2D eigenvalue weighted by Crippen LogP contribution is -2.41. The molecular weight excluding hydrogens is 344 g/mol. The van der Waals surface area contributed by atoms with E-state index in [9.17, 15) is 0 Å². The molecule has 6 heteroatoms. The van der Waals surface area contributed by atoms with Crippen molar-refractivity contribution in [3.63, 3.8) is 0 Å². The number of guanidine groups is 1. The van der Waals surface area contributed by atoms with Crippen molar-refractivity contribution in [2.45, 2.75) is 45.1 Å². The van der Waals surface area contributed by atoms with Crippen LogP contribution in [-0.2, 0) is 11.8 Å². The Morgan fingerprint density at radius 1 is 1.35 bits per heavy atom. The van der Waals surface area contributed by atoms with E-state index in [1.165, 1.54) is 11.3 Å². The number of nitrogens with one attached hydrogen (secondary N) is 2. The van der Waals surface area contributed by atoms with Crippen LogP contribution in [0, 0.1) is 0 Å². The molecule has 0 aliphatic carbocycles. The summed E-state index contributed by atoms with van der Waals surface area (Å²) < 4.78 is 5.73. The van der Waals surface area contributed by atoms with Gasteiger partial charge in [0.1, 0.15) is 5.75 Å². The molecule has 2 aromatic rings. The van der Waals surface area contributed by atoms with Crippen LogP contribution in [0.2, 0.25) is 0 Å². The maximum absolute atomic E-state index is 5.73. The monoisotopic (exact) mass is 372 g/mol. The molecule has 0 saturated heterocycles. The first-order valence-electron chi connectivity index (χ1n) is 9.11. The fourth-order valence-electron chi connectivity index (χ4n) is 2.91. The average molecular weight is 373 g/mol. The van der Waals surface area contributed by atoms with E-state index in [2.05, 4.69) is 47.8 Å². The second-order valence-corrected chi connectivity index (χ2v) is 8.44. The van der Waals surface area contributed by atoms with Crippen LogP contribution in [0.3, 0.4) is 0 Å². The molecule has 2 N–H and O–H groups in total. The van der Waals surface area contributed by atoms with Crippen LogP contribution in [-0.4, -0.2) is 31.1 Å². The molecule has 0 spiro atoms. The molecule has 1 aromatic heterocycles. The van der Waals surface area contributed by atoms with E-state index < -0.39 is 0 Å². The second kappa shape index (κ2) is 8.08. The fraction of sp³-hybridized carbons (Fsp3) is 0.500. The van der Waals surface area contributed by atoms with Crippen LogP contribution < -0.4 is 15.4 Å². The number of hydrogen-bond acceptors (Lipinski definition) is 4. The fourth-order valence-corrected chi connectivity index (χ4v) is 3.93. The minimum Gasteiger partial charge on any atom is -0.493 e. The van der Waals surface area contributed by atoms with Gasteiger partial charge in [0.15, 0.2) is 5.96 Å². The Labute approximate surface area is 159 Å². The van der Waals surface area contributed by atoms with Crippen LogP contribution in [0.1, 0.15) is 49.5 Å². The van der Waals surface area contributed by atoms with E-state index in [0.717, 1.165) is 42.7 Å². The van der Waals surface area contributed by atoms with E-state index >= 15 is 0 Å². The SMILES string of the molecule is CN=C(NCCc1nc(C(C)(C)C)cs1)NC1CCOc2ccccc21. The van der Waals surface area contributed by atoms with Gasteiger partial charge in [0, 0.05) is 42.8 Å². The third-order valence-electron chi connectivity index (χ3n) is 4.44. The van der Waals surface area contributed by atoms with E-state index in [1.54, 1.807) is 11.3 Å². The molecule has 5 nitrogen and oxygen atoms in total. The first-order chi connectivity index (χ1) is 12.5. The summed E-state index contributed by atoms with van der Waals surface area (Å²) in [6.07, 6.45) is 1.82. The lowest BCUT2D eigenvalue weighted by molar-refractivity contribution is 0.261. The highest BCUT2D eigenvalue weighted by atomic mass is 32.1. The normalized spacial score (nSPS) is 17.4. The van der Waals surface area contributed by atoms with Crippen molar-refractivity contribution in [3.05, 3.63) is 45.9 Å². The lowest BCUT2D eigenvalue weighted by atomic mass is 9.93. The van der Waals surface area contributed by atoms with Crippen LogP contribution in [0.15, 0.2) is 34.6 Å². The van der Waals surface area contributed by atoms with Crippen LogP contribution in [0.5, 0.6) is 5.75 Å².